The Labute approximate surface area is 176 Å². The van der Waals surface area contributed by atoms with Gasteiger partial charge in [-0.2, -0.15) is 0 Å². The highest BCUT2D eigenvalue weighted by atomic mass is 127. The van der Waals surface area contributed by atoms with E-state index in [1.54, 1.807) is 12.1 Å². The number of phenols is 3. The zero-order chi connectivity index (χ0) is 20.4. The number of amides is 1. The average Bonchev–Trinajstić information content (AvgIpc) is 2.73. The van der Waals surface area contributed by atoms with Crippen LogP contribution in [-0.2, 0) is 0 Å². The zero-order valence-electron chi connectivity index (χ0n) is 15.3. The first-order valence-electron chi connectivity index (χ1n) is 8.77. The van der Waals surface area contributed by atoms with Gasteiger partial charge in [0.15, 0.2) is 0 Å². The van der Waals surface area contributed by atoms with E-state index in [1.165, 1.54) is 26.2 Å². The summed E-state index contributed by atoms with van der Waals surface area (Å²) in [5.74, 6) is -0.827. The van der Waals surface area contributed by atoms with Gasteiger partial charge < -0.3 is 25.3 Å². The number of nitrogens with zero attached hydrogens (tertiary/aromatic N) is 2. The molecule has 0 radical (unpaired) electrons. The first kappa shape index (κ1) is 20.3. The van der Waals surface area contributed by atoms with E-state index in [0.29, 0.717) is 24.2 Å². The van der Waals surface area contributed by atoms with Gasteiger partial charge in [-0.05, 0) is 31.9 Å². The van der Waals surface area contributed by atoms with Crippen molar-refractivity contribution in [1.82, 2.24) is 0 Å². The number of carbonyl (C=O) groups excluding carboxylic acids is 1. The number of benzene rings is 2. The summed E-state index contributed by atoms with van der Waals surface area (Å²) < 4.78 is 1.52. The molecule has 2 aromatic rings. The third kappa shape index (κ3) is 3.74. The third-order valence-electron chi connectivity index (χ3n) is 4.58. The van der Waals surface area contributed by atoms with Crippen LogP contribution in [0.5, 0.6) is 17.2 Å². The minimum Gasteiger partial charge on any atom is -0.508 e. The number of hydrogen-bond acceptors (Lipinski definition) is 6. The minimum absolute atomic E-state index is 0.0878. The number of allylic oxidation sites excluding steroid dienone is 1. The molecule has 0 atom stereocenters. The number of anilines is 3. The second-order valence-corrected chi connectivity index (χ2v) is 7.55. The standard InChI is InChI=1S/C20H21IN2O5/c1-12(4-3-9-24)7-8-22-15-10-13(25)11-17(27)19(15)23(21)18-14(20(22)28)5-2-6-16(18)26/h2,5-7,10-11,24-27H,3-4,8-9H2,1H3/b12-7+. The molecule has 8 heteroatoms. The molecule has 0 aromatic heterocycles. The van der Waals surface area contributed by atoms with Gasteiger partial charge in [-0.1, -0.05) is 17.7 Å². The fraction of sp³-hybridized carbons (Fsp3) is 0.250. The van der Waals surface area contributed by atoms with Crippen molar-refractivity contribution >= 4 is 45.8 Å². The highest BCUT2D eigenvalue weighted by Gasteiger charge is 2.33. The maximum Gasteiger partial charge on any atom is 0.260 e. The molecule has 0 spiro atoms. The largest absolute Gasteiger partial charge is 0.508 e. The Bertz CT molecular complexity index is 944. The zero-order valence-corrected chi connectivity index (χ0v) is 17.4. The Morgan fingerprint density at radius 2 is 1.89 bits per heavy atom. The number of aliphatic hydroxyl groups is 1. The predicted molar refractivity (Wildman–Crippen MR) is 116 cm³/mol. The molecule has 0 fully saturated rings. The fourth-order valence-corrected chi connectivity index (χ4v) is 4.16. The van der Waals surface area contributed by atoms with Gasteiger partial charge in [-0.3, -0.25) is 7.91 Å². The Balaban J connectivity index is 2.16. The first-order valence-corrected chi connectivity index (χ1v) is 9.73. The van der Waals surface area contributed by atoms with Crippen molar-refractivity contribution in [2.45, 2.75) is 19.8 Å². The molecular formula is C20H21IN2O5. The number of aliphatic hydroxyl groups excluding tert-OH is 1. The van der Waals surface area contributed by atoms with Crippen molar-refractivity contribution in [2.75, 3.05) is 21.2 Å². The van der Waals surface area contributed by atoms with E-state index in [1.807, 2.05) is 35.9 Å². The number of phenolic OH excluding ortho intramolecular Hbond substituents is 3. The van der Waals surface area contributed by atoms with Crippen LogP contribution in [0.3, 0.4) is 0 Å². The van der Waals surface area contributed by atoms with Crippen LogP contribution < -0.4 is 8.01 Å². The smallest absolute Gasteiger partial charge is 0.260 e. The van der Waals surface area contributed by atoms with E-state index in [-0.39, 0.29) is 47.6 Å². The summed E-state index contributed by atoms with van der Waals surface area (Å²) in [4.78, 5) is 14.8. The second kappa shape index (κ2) is 8.27. The molecule has 148 valence electrons. The number of para-hydroxylation sites is 1. The van der Waals surface area contributed by atoms with E-state index in [0.717, 1.165) is 5.57 Å². The van der Waals surface area contributed by atoms with E-state index in [9.17, 15) is 20.1 Å². The number of fused-ring (bicyclic) bond motifs is 2. The normalized spacial score (nSPS) is 14.0. The molecule has 2 aromatic carbocycles. The van der Waals surface area contributed by atoms with E-state index < -0.39 is 0 Å². The van der Waals surface area contributed by atoms with Crippen LogP contribution in [-0.4, -0.2) is 39.5 Å². The summed E-state index contributed by atoms with van der Waals surface area (Å²) in [6.07, 6.45) is 3.21. The lowest BCUT2D eigenvalue weighted by Gasteiger charge is -2.24. The Hall–Kier alpha value is -2.46. The molecule has 3 rings (SSSR count). The molecule has 7 nitrogen and oxygen atoms in total. The lowest BCUT2D eigenvalue weighted by atomic mass is 10.1. The number of rotatable bonds is 5. The molecule has 0 bridgehead atoms. The van der Waals surface area contributed by atoms with Crippen molar-refractivity contribution in [3.63, 3.8) is 0 Å². The molecule has 0 saturated carbocycles. The summed E-state index contributed by atoms with van der Waals surface area (Å²) >= 11 is 1.92. The monoisotopic (exact) mass is 496 g/mol. The Morgan fingerprint density at radius 1 is 1.14 bits per heavy atom. The van der Waals surface area contributed by atoms with Crippen molar-refractivity contribution < 1.29 is 25.2 Å². The van der Waals surface area contributed by atoms with Gasteiger partial charge in [0.1, 0.15) is 28.6 Å². The van der Waals surface area contributed by atoms with Gasteiger partial charge in [0.2, 0.25) is 0 Å². The van der Waals surface area contributed by atoms with Gasteiger partial charge in [0.05, 0.1) is 34.1 Å². The van der Waals surface area contributed by atoms with Crippen molar-refractivity contribution in [3.05, 3.63) is 47.5 Å². The lowest BCUT2D eigenvalue weighted by molar-refractivity contribution is 0.0991. The topological polar surface area (TPSA) is 104 Å². The average molecular weight is 496 g/mol. The van der Waals surface area contributed by atoms with Crippen LogP contribution in [0.4, 0.5) is 17.1 Å². The van der Waals surface area contributed by atoms with Gasteiger partial charge >= 0.3 is 0 Å². The molecule has 1 aliphatic heterocycles. The van der Waals surface area contributed by atoms with Gasteiger partial charge in [0.25, 0.3) is 5.91 Å². The summed E-state index contributed by atoms with van der Waals surface area (Å²) in [5, 5.41) is 39.8. The third-order valence-corrected chi connectivity index (χ3v) is 5.54. The van der Waals surface area contributed by atoms with Gasteiger partial charge in [-0.25, -0.2) is 0 Å². The van der Waals surface area contributed by atoms with Crippen LogP contribution in [0, 0.1) is 0 Å². The van der Waals surface area contributed by atoms with Crippen molar-refractivity contribution in [2.24, 2.45) is 0 Å². The summed E-state index contributed by atoms with van der Waals surface area (Å²) in [6, 6.07) is 7.29. The summed E-state index contributed by atoms with van der Waals surface area (Å²) in [7, 11) is 0. The Morgan fingerprint density at radius 3 is 2.61 bits per heavy atom. The SMILES string of the molecule is C/C(=C\CN1C(=O)c2cccc(O)c2N(I)c2c(O)cc(O)cc21)CCCO. The molecule has 0 unspecified atom stereocenters. The highest BCUT2D eigenvalue weighted by Crippen LogP contribution is 2.51. The van der Waals surface area contributed by atoms with Gasteiger partial charge in [0, 0.05) is 25.3 Å². The van der Waals surface area contributed by atoms with Crippen molar-refractivity contribution in [3.8, 4) is 17.2 Å². The van der Waals surface area contributed by atoms with E-state index in [4.69, 9.17) is 5.11 Å². The van der Waals surface area contributed by atoms with Crippen LogP contribution in [0.2, 0.25) is 0 Å². The molecule has 1 heterocycles. The minimum atomic E-state index is -0.359. The van der Waals surface area contributed by atoms with Gasteiger partial charge in [-0.15, -0.1) is 0 Å². The number of carbonyl (C=O) groups is 1. The molecule has 1 amide bonds. The van der Waals surface area contributed by atoms with Crippen LogP contribution in [0.15, 0.2) is 42.0 Å². The number of halogens is 1. The number of aromatic hydroxyl groups is 3. The first-order chi connectivity index (χ1) is 13.3. The van der Waals surface area contributed by atoms with Crippen LogP contribution >= 0.6 is 22.9 Å². The molecule has 28 heavy (non-hydrogen) atoms. The van der Waals surface area contributed by atoms with Crippen LogP contribution in [0.25, 0.3) is 0 Å². The molecule has 0 aliphatic carbocycles. The summed E-state index contributed by atoms with van der Waals surface area (Å²) in [6.45, 7) is 2.23. The predicted octanol–water partition coefficient (Wildman–Crippen LogP) is 3.97. The highest BCUT2D eigenvalue weighted by molar-refractivity contribution is 14.1. The molecule has 4 N–H and O–H groups in total. The maximum absolute atomic E-state index is 13.3. The van der Waals surface area contributed by atoms with Crippen LogP contribution in [0.1, 0.15) is 30.1 Å². The maximum atomic E-state index is 13.3. The Kier molecular flexibility index (Phi) is 5.99. The second-order valence-electron chi connectivity index (χ2n) is 6.58. The van der Waals surface area contributed by atoms with E-state index >= 15 is 0 Å². The quantitative estimate of drug-likeness (QED) is 0.284. The number of hydrogen-bond donors (Lipinski definition) is 4. The molecule has 1 aliphatic rings. The van der Waals surface area contributed by atoms with Crippen molar-refractivity contribution in [1.29, 1.82) is 0 Å². The van der Waals surface area contributed by atoms with E-state index in [2.05, 4.69) is 0 Å². The molecular weight excluding hydrogens is 475 g/mol. The lowest BCUT2D eigenvalue weighted by Crippen LogP contribution is -2.30. The fourth-order valence-electron chi connectivity index (χ4n) is 3.16. The summed E-state index contributed by atoms with van der Waals surface area (Å²) in [5.41, 5.74) is 2.20. The molecule has 0 saturated heterocycles.